The van der Waals surface area contributed by atoms with E-state index in [-0.39, 0.29) is 34.2 Å². The summed E-state index contributed by atoms with van der Waals surface area (Å²) < 4.78 is 48.9. The summed E-state index contributed by atoms with van der Waals surface area (Å²) in [4.78, 5) is 24.3. The van der Waals surface area contributed by atoms with Gasteiger partial charge in [-0.1, -0.05) is 12.1 Å². The van der Waals surface area contributed by atoms with Gasteiger partial charge in [-0.2, -0.15) is 4.31 Å². The van der Waals surface area contributed by atoms with Crippen LogP contribution < -0.4 is 19.5 Å². The summed E-state index contributed by atoms with van der Waals surface area (Å²) in [5, 5.41) is 2.65. The van der Waals surface area contributed by atoms with Crippen LogP contribution in [-0.4, -0.2) is 58.7 Å². The lowest BCUT2D eigenvalue weighted by atomic mass is 10.1. The summed E-state index contributed by atoms with van der Waals surface area (Å²) in [6.45, 7) is 1.43. The lowest BCUT2D eigenvalue weighted by Gasteiger charge is -2.24. The van der Waals surface area contributed by atoms with Gasteiger partial charge in [0, 0.05) is 25.5 Å². The molecule has 0 aliphatic carbocycles. The number of para-hydroxylation sites is 1. The average Bonchev–Trinajstić information content (AvgIpc) is 3.26. The van der Waals surface area contributed by atoms with Crippen molar-refractivity contribution in [3.05, 3.63) is 42.0 Å². The smallest absolute Gasteiger partial charge is 0.304 e. The van der Waals surface area contributed by atoms with Gasteiger partial charge in [0.2, 0.25) is 15.8 Å². The summed E-state index contributed by atoms with van der Waals surface area (Å²) in [7, 11) is 0.245. The highest BCUT2D eigenvalue weighted by Gasteiger charge is 2.38. The van der Waals surface area contributed by atoms with Crippen molar-refractivity contribution in [1.29, 1.82) is 0 Å². The summed E-state index contributed by atoms with van der Waals surface area (Å²) in [6.07, 6.45) is 0.0713. The molecule has 0 bridgehead atoms. The molecule has 0 radical (unpaired) electrons. The first-order chi connectivity index (χ1) is 15.7. The molecule has 11 heteroatoms. The zero-order chi connectivity index (χ0) is 24.2. The van der Waals surface area contributed by atoms with Crippen LogP contribution in [0.3, 0.4) is 0 Å². The molecule has 0 aromatic heterocycles. The summed E-state index contributed by atoms with van der Waals surface area (Å²) in [5.41, 5.74) is 0.264. The molecule has 1 aliphatic heterocycles. The van der Waals surface area contributed by atoms with E-state index in [1.807, 2.05) is 0 Å². The molecular weight excluding hydrogens is 452 g/mol. The predicted octanol–water partition coefficient (Wildman–Crippen LogP) is 2.64. The summed E-state index contributed by atoms with van der Waals surface area (Å²) >= 11 is 0. The van der Waals surface area contributed by atoms with E-state index < -0.39 is 28.1 Å². The van der Waals surface area contributed by atoms with Crippen molar-refractivity contribution in [2.45, 2.75) is 30.9 Å². The Labute approximate surface area is 192 Å². The van der Waals surface area contributed by atoms with Crippen molar-refractivity contribution in [3.8, 4) is 17.2 Å². The second-order valence-electron chi connectivity index (χ2n) is 7.19. The fraction of sp³-hybridized carbons (Fsp3) is 0.364. The molecule has 0 unspecified atom stereocenters. The normalized spacial score (nSPS) is 16.2. The maximum Gasteiger partial charge on any atom is 0.304 e. The van der Waals surface area contributed by atoms with E-state index in [0.29, 0.717) is 18.6 Å². The molecule has 1 heterocycles. The number of benzene rings is 2. The second kappa shape index (κ2) is 10.1. The Morgan fingerprint density at radius 3 is 2.24 bits per heavy atom. The molecule has 10 nitrogen and oxygen atoms in total. The first-order valence-electron chi connectivity index (χ1n) is 10.1. The minimum absolute atomic E-state index is 0.0877. The van der Waals surface area contributed by atoms with Gasteiger partial charge in [-0.25, -0.2) is 8.42 Å². The Bertz CT molecular complexity index is 1120. The van der Waals surface area contributed by atoms with E-state index >= 15 is 0 Å². The fourth-order valence-electron chi connectivity index (χ4n) is 3.62. The molecular formula is C22H26N2O8S. The van der Waals surface area contributed by atoms with Crippen LogP contribution in [0, 0.1) is 0 Å². The molecule has 0 spiro atoms. The Kier molecular flexibility index (Phi) is 7.44. The van der Waals surface area contributed by atoms with Crippen molar-refractivity contribution in [2.75, 3.05) is 33.2 Å². The van der Waals surface area contributed by atoms with Crippen LogP contribution in [-0.2, 0) is 19.6 Å². The van der Waals surface area contributed by atoms with Crippen molar-refractivity contribution in [2.24, 2.45) is 0 Å². The second-order valence-corrected chi connectivity index (χ2v) is 9.05. The first-order valence-corrected chi connectivity index (χ1v) is 11.6. The number of nitrogens with one attached hydrogen (secondary N) is 1. The molecule has 1 saturated heterocycles. The SMILES string of the molecule is COc1cc(C(=O)Nc2ccccc2S(=O)(=O)N2CCC[C@H]2OC(C)=O)cc(OC)c1OC. The van der Waals surface area contributed by atoms with Crippen LogP contribution in [0.1, 0.15) is 30.1 Å². The summed E-state index contributed by atoms with van der Waals surface area (Å²) in [5.74, 6) is -0.251. The number of carbonyl (C=O) groups is 2. The minimum Gasteiger partial charge on any atom is -0.493 e. The van der Waals surface area contributed by atoms with Crippen LogP contribution in [0.5, 0.6) is 17.2 Å². The zero-order valence-electron chi connectivity index (χ0n) is 18.8. The quantitative estimate of drug-likeness (QED) is 0.575. The number of hydrogen-bond donors (Lipinski definition) is 1. The number of nitrogens with zero attached hydrogens (tertiary/aromatic N) is 1. The number of ether oxygens (including phenoxy) is 4. The zero-order valence-corrected chi connectivity index (χ0v) is 19.6. The van der Waals surface area contributed by atoms with Crippen molar-refractivity contribution >= 4 is 27.6 Å². The Morgan fingerprint density at radius 1 is 1.03 bits per heavy atom. The van der Waals surface area contributed by atoms with Crippen LogP contribution in [0.15, 0.2) is 41.3 Å². The molecule has 1 amide bonds. The number of anilines is 1. The molecule has 1 N–H and O–H groups in total. The number of methoxy groups -OCH3 is 3. The highest BCUT2D eigenvalue weighted by Crippen LogP contribution is 2.38. The van der Waals surface area contributed by atoms with Gasteiger partial charge < -0.3 is 24.3 Å². The number of sulfonamides is 1. The molecule has 33 heavy (non-hydrogen) atoms. The van der Waals surface area contributed by atoms with Gasteiger partial charge in [-0.15, -0.1) is 0 Å². The third-order valence-electron chi connectivity index (χ3n) is 5.10. The molecule has 0 saturated carbocycles. The highest BCUT2D eigenvalue weighted by atomic mass is 32.2. The van der Waals surface area contributed by atoms with Crippen molar-refractivity contribution in [1.82, 2.24) is 4.31 Å². The number of esters is 1. The van der Waals surface area contributed by atoms with Gasteiger partial charge in [0.05, 0.1) is 27.0 Å². The molecule has 2 aromatic carbocycles. The van der Waals surface area contributed by atoms with Gasteiger partial charge in [0.1, 0.15) is 4.90 Å². The van der Waals surface area contributed by atoms with E-state index in [1.165, 1.54) is 52.5 Å². The van der Waals surface area contributed by atoms with E-state index in [9.17, 15) is 18.0 Å². The van der Waals surface area contributed by atoms with E-state index in [4.69, 9.17) is 18.9 Å². The van der Waals surface area contributed by atoms with Gasteiger partial charge in [-0.3, -0.25) is 9.59 Å². The third-order valence-corrected chi connectivity index (χ3v) is 7.05. The van der Waals surface area contributed by atoms with E-state index in [1.54, 1.807) is 12.1 Å². The topological polar surface area (TPSA) is 120 Å². The van der Waals surface area contributed by atoms with Gasteiger partial charge in [-0.05, 0) is 30.7 Å². The van der Waals surface area contributed by atoms with E-state index in [2.05, 4.69) is 5.32 Å². The predicted molar refractivity (Wildman–Crippen MR) is 119 cm³/mol. The van der Waals surface area contributed by atoms with Crippen LogP contribution in [0.25, 0.3) is 0 Å². The largest absolute Gasteiger partial charge is 0.493 e. The summed E-state index contributed by atoms with van der Waals surface area (Å²) in [6, 6.07) is 8.97. The Hall–Kier alpha value is -3.31. The Balaban J connectivity index is 1.94. The van der Waals surface area contributed by atoms with E-state index in [0.717, 1.165) is 4.31 Å². The van der Waals surface area contributed by atoms with Gasteiger partial charge in [0.25, 0.3) is 5.91 Å². The minimum atomic E-state index is -4.06. The lowest BCUT2D eigenvalue weighted by molar-refractivity contribution is -0.150. The number of amides is 1. The standard InChI is InChI=1S/C22H26N2O8S/c1-14(25)32-20-10-7-11-24(20)33(27,28)19-9-6-5-8-16(19)23-22(26)15-12-17(29-2)21(31-4)18(13-15)30-3/h5-6,8-9,12-13,20H,7,10-11H2,1-4H3,(H,23,26)/t20-/m1/s1. The van der Waals surface area contributed by atoms with Crippen LogP contribution >= 0.6 is 0 Å². The molecule has 1 fully saturated rings. The molecule has 3 rings (SSSR count). The monoisotopic (exact) mass is 478 g/mol. The van der Waals surface area contributed by atoms with Crippen molar-refractivity contribution in [3.63, 3.8) is 0 Å². The van der Waals surface area contributed by atoms with Gasteiger partial charge in [0.15, 0.2) is 17.7 Å². The fourth-order valence-corrected chi connectivity index (χ4v) is 5.35. The highest BCUT2D eigenvalue weighted by molar-refractivity contribution is 7.89. The first kappa shape index (κ1) is 24.3. The number of hydrogen-bond acceptors (Lipinski definition) is 8. The number of carbonyl (C=O) groups excluding carboxylic acids is 2. The average molecular weight is 479 g/mol. The van der Waals surface area contributed by atoms with Crippen LogP contribution in [0.2, 0.25) is 0 Å². The molecule has 2 aromatic rings. The number of rotatable bonds is 8. The third kappa shape index (κ3) is 5.04. The van der Waals surface area contributed by atoms with Gasteiger partial charge >= 0.3 is 5.97 Å². The molecule has 1 atom stereocenters. The van der Waals surface area contributed by atoms with Crippen LogP contribution in [0.4, 0.5) is 5.69 Å². The lowest BCUT2D eigenvalue weighted by Crippen LogP contribution is -2.38. The van der Waals surface area contributed by atoms with Crippen molar-refractivity contribution < 1.29 is 37.0 Å². The Morgan fingerprint density at radius 2 is 1.67 bits per heavy atom. The molecule has 1 aliphatic rings. The molecule has 178 valence electrons. The maximum atomic E-state index is 13.4. The maximum absolute atomic E-state index is 13.4.